The van der Waals surface area contributed by atoms with Crippen molar-refractivity contribution in [3.05, 3.63) is 53.8 Å². The average Bonchev–Trinajstić information content (AvgIpc) is 3.35. The number of sulfonamides is 1. The van der Waals surface area contributed by atoms with Crippen LogP contribution < -0.4 is 4.72 Å². The molecule has 1 aromatic carbocycles. The van der Waals surface area contributed by atoms with Gasteiger partial charge in [-0.3, -0.25) is 4.72 Å². The van der Waals surface area contributed by atoms with Crippen LogP contribution in [0.4, 0.5) is 45.2 Å². The monoisotopic (exact) mass is 540 g/mol. The van der Waals surface area contributed by atoms with Gasteiger partial charge in [0.1, 0.15) is 9.90 Å². The summed E-state index contributed by atoms with van der Waals surface area (Å²) in [7, 11) is -4.45. The molecular formula is C17H9F9N2O4S2. The normalized spacial score (nSPS) is 13.8. The van der Waals surface area contributed by atoms with Crippen LogP contribution in [0.5, 0.6) is 0 Å². The van der Waals surface area contributed by atoms with Gasteiger partial charge in [-0.25, -0.2) is 8.42 Å². The molecule has 0 aliphatic heterocycles. The Hall–Kier alpha value is -2.79. The molecule has 0 saturated heterocycles. The highest BCUT2D eigenvalue weighted by atomic mass is 32.2. The maximum Gasteiger partial charge on any atom is 0.452 e. The van der Waals surface area contributed by atoms with E-state index in [0.29, 0.717) is 29.5 Å². The van der Waals surface area contributed by atoms with Crippen LogP contribution in [0.15, 0.2) is 51.2 Å². The van der Waals surface area contributed by atoms with Gasteiger partial charge >= 0.3 is 18.5 Å². The molecule has 186 valence electrons. The highest BCUT2D eigenvalue weighted by Crippen LogP contribution is 2.50. The zero-order valence-corrected chi connectivity index (χ0v) is 17.5. The largest absolute Gasteiger partial charge is 0.452 e. The molecule has 0 amide bonds. The van der Waals surface area contributed by atoms with E-state index in [2.05, 4.69) is 9.68 Å². The molecule has 0 bridgehead atoms. The summed E-state index contributed by atoms with van der Waals surface area (Å²) in [5.74, 6) is -1.42. The van der Waals surface area contributed by atoms with Crippen molar-refractivity contribution in [2.75, 3.05) is 4.72 Å². The molecule has 0 spiro atoms. The highest BCUT2D eigenvalue weighted by Gasteiger charge is 2.71. The second-order valence-electron chi connectivity index (χ2n) is 6.58. The zero-order valence-electron chi connectivity index (χ0n) is 15.9. The molecule has 17 heteroatoms. The van der Waals surface area contributed by atoms with E-state index in [-0.39, 0.29) is 22.7 Å². The number of hydrogen-bond acceptors (Lipinski definition) is 6. The molecule has 3 rings (SSSR count). The first kappa shape index (κ1) is 25.8. The van der Waals surface area contributed by atoms with E-state index in [1.54, 1.807) is 0 Å². The van der Waals surface area contributed by atoms with Gasteiger partial charge < -0.3 is 9.63 Å². The van der Waals surface area contributed by atoms with Gasteiger partial charge in [0, 0.05) is 17.3 Å². The molecule has 2 heterocycles. The number of aromatic nitrogens is 1. The topological polar surface area (TPSA) is 92.4 Å². The van der Waals surface area contributed by atoms with E-state index in [4.69, 9.17) is 0 Å². The fraction of sp³-hybridized carbons (Fsp3) is 0.235. The third kappa shape index (κ3) is 4.72. The van der Waals surface area contributed by atoms with Gasteiger partial charge in [-0.05, 0) is 24.3 Å². The molecule has 2 aromatic heterocycles. The minimum absolute atomic E-state index is 0.0320. The molecule has 0 radical (unpaired) electrons. The van der Waals surface area contributed by atoms with Gasteiger partial charge in [-0.2, -0.15) is 39.5 Å². The first-order valence-corrected chi connectivity index (χ1v) is 10.8. The Bertz CT molecular complexity index is 1260. The van der Waals surface area contributed by atoms with Crippen LogP contribution in [0.3, 0.4) is 0 Å². The van der Waals surface area contributed by atoms with Crippen molar-refractivity contribution in [3.8, 4) is 10.6 Å². The van der Waals surface area contributed by atoms with Crippen molar-refractivity contribution < 1.29 is 57.6 Å². The maximum absolute atomic E-state index is 12.9. The molecule has 6 nitrogen and oxygen atoms in total. The Balaban J connectivity index is 1.85. The third-order valence-electron chi connectivity index (χ3n) is 4.26. The quantitative estimate of drug-likeness (QED) is 0.415. The number of alkyl halides is 9. The van der Waals surface area contributed by atoms with Crippen molar-refractivity contribution in [1.29, 1.82) is 0 Å². The number of anilines is 1. The smallest absolute Gasteiger partial charge is 0.369 e. The number of rotatable bonds is 5. The predicted molar refractivity (Wildman–Crippen MR) is 98.1 cm³/mol. The minimum Gasteiger partial charge on any atom is -0.369 e. The minimum atomic E-state index is -6.12. The summed E-state index contributed by atoms with van der Waals surface area (Å²) in [6, 6.07) is 4.27. The summed E-state index contributed by atoms with van der Waals surface area (Å²) < 4.78 is 146. The summed E-state index contributed by atoms with van der Waals surface area (Å²) in [6.45, 7) is 0. The fourth-order valence-corrected chi connectivity index (χ4v) is 4.92. The van der Waals surface area contributed by atoms with Crippen LogP contribution in [0.2, 0.25) is 0 Å². The fourth-order valence-electron chi connectivity index (χ4n) is 2.60. The lowest BCUT2D eigenvalue weighted by Crippen LogP contribution is -2.53. The number of halogens is 9. The van der Waals surface area contributed by atoms with Crippen LogP contribution >= 0.6 is 11.3 Å². The highest BCUT2D eigenvalue weighted by molar-refractivity contribution is 7.94. The van der Waals surface area contributed by atoms with E-state index < -0.39 is 55.4 Å². The Morgan fingerprint density at radius 2 is 1.44 bits per heavy atom. The lowest BCUT2D eigenvalue weighted by Gasteiger charge is -2.32. The van der Waals surface area contributed by atoms with Crippen LogP contribution in [0.1, 0.15) is 11.3 Å². The average molecular weight is 540 g/mol. The van der Waals surface area contributed by atoms with Gasteiger partial charge in [0.15, 0.2) is 0 Å². The molecule has 0 saturated carbocycles. The van der Waals surface area contributed by atoms with Gasteiger partial charge in [0.25, 0.3) is 15.6 Å². The molecule has 34 heavy (non-hydrogen) atoms. The Kier molecular flexibility index (Phi) is 6.20. The van der Waals surface area contributed by atoms with E-state index in [9.17, 15) is 53.0 Å². The van der Waals surface area contributed by atoms with Crippen LogP contribution in [-0.4, -0.2) is 31.0 Å². The molecule has 0 aliphatic rings. The maximum atomic E-state index is 12.9. The van der Waals surface area contributed by atoms with Gasteiger partial charge in [-0.15, -0.1) is 11.3 Å². The van der Waals surface area contributed by atoms with E-state index >= 15 is 0 Å². The Labute approximate surface area is 187 Å². The number of nitrogens with one attached hydrogen (secondary N) is 1. The molecule has 0 aliphatic carbocycles. The lowest BCUT2D eigenvalue weighted by atomic mass is 9.92. The number of hydrogen-bond donors (Lipinski definition) is 2. The standard InChI is InChI=1S/C17H9F9N2O4S2/c18-15(19,20)12-7-10(27-32-12)11-5-6-13(33-11)34(30,31)28-9-3-1-8(2-4-9)14(29,16(21,22)23)17(24,25)26/h1-7,28-29H. The number of benzene rings is 1. The van der Waals surface area contributed by atoms with E-state index in [0.717, 1.165) is 12.1 Å². The lowest BCUT2D eigenvalue weighted by molar-refractivity contribution is -0.376. The number of aliphatic hydroxyl groups is 1. The van der Waals surface area contributed by atoms with Crippen LogP contribution in [-0.2, 0) is 21.8 Å². The van der Waals surface area contributed by atoms with Gasteiger partial charge in [0.2, 0.25) is 5.76 Å². The van der Waals surface area contributed by atoms with E-state index in [1.165, 1.54) is 0 Å². The molecule has 0 unspecified atom stereocenters. The zero-order chi connectivity index (χ0) is 25.7. The summed E-state index contributed by atoms with van der Waals surface area (Å²) in [5.41, 5.74) is -7.55. The van der Waals surface area contributed by atoms with Crippen LogP contribution in [0, 0.1) is 0 Å². The molecule has 0 atom stereocenters. The Morgan fingerprint density at radius 1 is 0.882 bits per heavy atom. The SMILES string of the molecule is O=S(=O)(Nc1ccc(C(O)(C(F)(F)F)C(F)(F)F)cc1)c1ccc(-c2cc(C(F)(F)F)on2)s1. The molecule has 3 aromatic rings. The van der Waals surface area contributed by atoms with Crippen molar-refractivity contribution in [3.63, 3.8) is 0 Å². The first-order valence-electron chi connectivity index (χ1n) is 8.49. The molecular weight excluding hydrogens is 531 g/mol. The molecule has 2 N–H and O–H groups in total. The summed E-state index contributed by atoms with van der Waals surface area (Å²) in [4.78, 5) is -0.0320. The second kappa shape index (κ2) is 8.16. The summed E-state index contributed by atoms with van der Waals surface area (Å²) >= 11 is 0.472. The van der Waals surface area contributed by atoms with Crippen molar-refractivity contribution in [2.45, 2.75) is 28.3 Å². The van der Waals surface area contributed by atoms with Gasteiger partial charge in [0.05, 0.1) is 4.88 Å². The van der Waals surface area contributed by atoms with Crippen molar-refractivity contribution >= 4 is 27.0 Å². The first-order chi connectivity index (χ1) is 15.4. The summed E-state index contributed by atoms with van der Waals surface area (Å²) in [6.07, 6.45) is -17.1. The van der Waals surface area contributed by atoms with Crippen molar-refractivity contribution in [1.82, 2.24) is 5.16 Å². The number of thiophene rings is 1. The van der Waals surface area contributed by atoms with Crippen LogP contribution in [0.25, 0.3) is 10.6 Å². The second-order valence-corrected chi connectivity index (χ2v) is 9.57. The Morgan fingerprint density at radius 3 is 1.91 bits per heavy atom. The van der Waals surface area contributed by atoms with Gasteiger partial charge in [-0.1, -0.05) is 17.3 Å². The molecule has 0 fully saturated rings. The predicted octanol–water partition coefficient (Wildman–Crippen LogP) is 5.53. The number of nitrogens with zero attached hydrogens (tertiary/aromatic N) is 1. The van der Waals surface area contributed by atoms with Crippen molar-refractivity contribution in [2.24, 2.45) is 0 Å². The summed E-state index contributed by atoms with van der Waals surface area (Å²) in [5, 5.41) is 12.5. The third-order valence-corrected chi connectivity index (χ3v) is 7.24. The van der Waals surface area contributed by atoms with E-state index in [1.807, 2.05) is 4.72 Å².